The molecule has 0 saturated carbocycles. The van der Waals surface area contributed by atoms with Gasteiger partial charge in [-0.05, 0) is 24.7 Å². The van der Waals surface area contributed by atoms with Crippen LogP contribution in [0.3, 0.4) is 0 Å². The summed E-state index contributed by atoms with van der Waals surface area (Å²) in [5, 5.41) is 10.4. The van der Waals surface area contributed by atoms with E-state index in [1.807, 2.05) is 24.3 Å². The Hall–Kier alpha value is -2.90. The molecule has 5 rings (SSSR count). The van der Waals surface area contributed by atoms with Crippen molar-refractivity contribution in [2.24, 2.45) is 0 Å². The molecule has 2 aromatic carbocycles. The molecule has 0 spiro atoms. The fourth-order valence-electron chi connectivity index (χ4n) is 4.47. The maximum absolute atomic E-state index is 14.5. The number of carbonyl (C=O) groups excluding carboxylic acids is 1. The van der Waals surface area contributed by atoms with Gasteiger partial charge in [0.05, 0.1) is 17.5 Å². The van der Waals surface area contributed by atoms with E-state index in [4.69, 9.17) is 0 Å². The van der Waals surface area contributed by atoms with Gasteiger partial charge >= 0.3 is 0 Å². The third kappa shape index (κ3) is 4.03. The van der Waals surface area contributed by atoms with E-state index in [0.29, 0.717) is 25.6 Å². The number of piperazine rings is 1. The Morgan fingerprint density at radius 2 is 1.87 bits per heavy atom. The number of halogens is 1. The highest BCUT2D eigenvalue weighted by Gasteiger charge is 2.36. The smallest absolute Gasteiger partial charge is 0.256 e. The number of carbonyl (C=O) groups is 1. The number of benzene rings is 2. The molecule has 160 valence electrons. The minimum atomic E-state index is -0.471. The third-order valence-corrected chi connectivity index (χ3v) is 6.48. The zero-order chi connectivity index (χ0) is 21.4. The SMILES string of the molecule is CN1CCN(C2CN(C(=O)c3cc(Cc4nncc5ccccc45)ccc3F)C2)CC1. The van der Waals surface area contributed by atoms with Crippen LogP contribution in [0.15, 0.2) is 48.7 Å². The van der Waals surface area contributed by atoms with E-state index in [0.717, 1.165) is 48.2 Å². The Morgan fingerprint density at radius 1 is 1.10 bits per heavy atom. The standard InChI is InChI=1S/C24H26FN5O/c1-28-8-10-29(11-9-28)19-15-30(16-19)24(31)21-12-17(6-7-22(21)25)13-23-20-5-3-2-4-18(20)14-26-27-23/h2-7,12,14,19H,8-11,13,15-16H2,1H3. The van der Waals surface area contributed by atoms with Crippen LogP contribution in [0.25, 0.3) is 10.8 Å². The molecule has 0 radical (unpaired) electrons. The fraction of sp³-hybridized carbons (Fsp3) is 0.375. The number of amides is 1. The van der Waals surface area contributed by atoms with Crippen LogP contribution in [-0.4, -0.2) is 83.2 Å². The lowest BCUT2D eigenvalue weighted by molar-refractivity contribution is 0.0107. The summed E-state index contributed by atoms with van der Waals surface area (Å²) in [4.78, 5) is 19.5. The molecule has 6 nitrogen and oxygen atoms in total. The van der Waals surface area contributed by atoms with Gasteiger partial charge < -0.3 is 9.80 Å². The molecular weight excluding hydrogens is 393 g/mol. The minimum Gasteiger partial charge on any atom is -0.335 e. The molecule has 3 heterocycles. The second-order valence-electron chi connectivity index (χ2n) is 8.57. The number of fused-ring (bicyclic) bond motifs is 1. The summed E-state index contributed by atoms with van der Waals surface area (Å²) in [7, 11) is 2.13. The molecule has 0 N–H and O–H groups in total. The molecule has 3 aromatic rings. The van der Waals surface area contributed by atoms with Gasteiger partial charge in [-0.3, -0.25) is 9.69 Å². The molecule has 2 saturated heterocycles. The highest BCUT2D eigenvalue weighted by atomic mass is 19.1. The van der Waals surface area contributed by atoms with Crippen molar-refractivity contribution in [1.82, 2.24) is 24.9 Å². The quantitative estimate of drug-likeness (QED) is 0.650. The van der Waals surface area contributed by atoms with Gasteiger partial charge in [0.15, 0.2) is 0 Å². The second kappa shape index (κ2) is 8.32. The summed E-state index contributed by atoms with van der Waals surface area (Å²) in [6.45, 7) is 5.50. The van der Waals surface area contributed by atoms with Crippen molar-refractivity contribution in [2.45, 2.75) is 12.5 Å². The van der Waals surface area contributed by atoms with Crippen molar-refractivity contribution in [3.8, 4) is 0 Å². The van der Waals surface area contributed by atoms with Crippen LogP contribution in [0.4, 0.5) is 4.39 Å². The fourth-order valence-corrected chi connectivity index (χ4v) is 4.47. The van der Waals surface area contributed by atoms with Crippen molar-refractivity contribution in [2.75, 3.05) is 46.3 Å². The predicted molar refractivity (Wildman–Crippen MR) is 118 cm³/mol. The maximum atomic E-state index is 14.5. The lowest BCUT2D eigenvalue weighted by Crippen LogP contribution is -2.64. The monoisotopic (exact) mass is 419 g/mol. The first kappa shape index (κ1) is 20.0. The summed E-state index contributed by atoms with van der Waals surface area (Å²) in [5.41, 5.74) is 1.82. The van der Waals surface area contributed by atoms with E-state index < -0.39 is 5.82 Å². The second-order valence-corrected chi connectivity index (χ2v) is 8.57. The molecule has 2 fully saturated rings. The normalized spacial score (nSPS) is 18.3. The summed E-state index contributed by atoms with van der Waals surface area (Å²) < 4.78 is 14.5. The molecule has 0 aliphatic carbocycles. The number of aromatic nitrogens is 2. The van der Waals surface area contributed by atoms with E-state index in [2.05, 4.69) is 27.0 Å². The van der Waals surface area contributed by atoms with Crippen molar-refractivity contribution in [1.29, 1.82) is 0 Å². The molecule has 0 unspecified atom stereocenters. The highest BCUT2D eigenvalue weighted by molar-refractivity contribution is 5.95. The number of hydrogen-bond acceptors (Lipinski definition) is 5. The first-order valence-corrected chi connectivity index (χ1v) is 10.8. The van der Waals surface area contributed by atoms with Gasteiger partial charge in [-0.25, -0.2) is 4.39 Å². The Labute approximate surface area is 181 Å². The summed E-state index contributed by atoms with van der Waals surface area (Å²) in [5.74, 6) is -0.700. The van der Waals surface area contributed by atoms with Crippen LogP contribution in [0.1, 0.15) is 21.6 Å². The number of rotatable bonds is 4. The van der Waals surface area contributed by atoms with Crippen molar-refractivity contribution < 1.29 is 9.18 Å². The first-order chi connectivity index (χ1) is 15.1. The molecule has 1 amide bonds. The number of hydrogen-bond donors (Lipinski definition) is 0. The summed E-state index contributed by atoms with van der Waals surface area (Å²) in [6.07, 6.45) is 2.23. The Balaban J connectivity index is 1.29. The average Bonchev–Trinajstić information content (AvgIpc) is 2.75. The zero-order valence-corrected chi connectivity index (χ0v) is 17.7. The zero-order valence-electron chi connectivity index (χ0n) is 17.7. The Kier molecular flexibility index (Phi) is 5.38. The van der Waals surface area contributed by atoms with E-state index in [1.54, 1.807) is 23.2 Å². The van der Waals surface area contributed by atoms with Crippen LogP contribution in [0, 0.1) is 5.82 Å². The topological polar surface area (TPSA) is 52.6 Å². The summed E-state index contributed by atoms with van der Waals surface area (Å²) >= 11 is 0. The lowest BCUT2D eigenvalue weighted by Gasteiger charge is -2.47. The first-order valence-electron chi connectivity index (χ1n) is 10.8. The van der Waals surface area contributed by atoms with Crippen LogP contribution >= 0.6 is 0 Å². The van der Waals surface area contributed by atoms with Gasteiger partial charge in [0.1, 0.15) is 5.82 Å². The lowest BCUT2D eigenvalue weighted by atomic mass is 10.00. The van der Waals surface area contributed by atoms with Crippen LogP contribution in [-0.2, 0) is 6.42 Å². The molecular formula is C24H26FN5O. The van der Waals surface area contributed by atoms with Crippen molar-refractivity contribution in [3.05, 3.63) is 71.3 Å². The van der Waals surface area contributed by atoms with E-state index in [-0.39, 0.29) is 11.5 Å². The van der Waals surface area contributed by atoms with E-state index >= 15 is 0 Å². The van der Waals surface area contributed by atoms with Crippen molar-refractivity contribution in [3.63, 3.8) is 0 Å². The Morgan fingerprint density at radius 3 is 2.68 bits per heavy atom. The average molecular weight is 420 g/mol. The molecule has 31 heavy (non-hydrogen) atoms. The minimum absolute atomic E-state index is 0.141. The number of nitrogens with zero attached hydrogens (tertiary/aromatic N) is 5. The molecule has 1 aromatic heterocycles. The van der Waals surface area contributed by atoms with Crippen molar-refractivity contribution >= 4 is 16.7 Å². The molecule has 7 heteroatoms. The highest BCUT2D eigenvalue weighted by Crippen LogP contribution is 2.23. The predicted octanol–water partition coefficient (Wildman–Crippen LogP) is 2.43. The van der Waals surface area contributed by atoms with Gasteiger partial charge in [-0.2, -0.15) is 10.2 Å². The van der Waals surface area contributed by atoms with Crippen LogP contribution < -0.4 is 0 Å². The van der Waals surface area contributed by atoms with E-state index in [9.17, 15) is 9.18 Å². The van der Waals surface area contributed by atoms with Gasteiger partial charge in [0.2, 0.25) is 0 Å². The van der Waals surface area contributed by atoms with Crippen LogP contribution in [0.2, 0.25) is 0 Å². The largest absolute Gasteiger partial charge is 0.335 e. The van der Waals surface area contributed by atoms with Crippen LogP contribution in [0.5, 0.6) is 0 Å². The van der Waals surface area contributed by atoms with Gasteiger partial charge in [0, 0.05) is 62.5 Å². The van der Waals surface area contributed by atoms with Gasteiger partial charge in [-0.1, -0.05) is 30.3 Å². The maximum Gasteiger partial charge on any atom is 0.256 e. The third-order valence-electron chi connectivity index (χ3n) is 6.48. The van der Waals surface area contributed by atoms with Gasteiger partial charge in [0.25, 0.3) is 5.91 Å². The molecule has 0 atom stereocenters. The Bertz CT molecular complexity index is 1100. The molecule has 0 bridgehead atoms. The number of likely N-dealkylation sites (tertiary alicyclic amines) is 1. The molecule has 2 aliphatic heterocycles. The number of likely N-dealkylation sites (N-methyl/N-ethyl adjacent to an activating group) is 1. The molecule has 2 aliphatic rings. The van der Waals surface area contributed by atoms with Gasteiger partial charge in [-0.15, -0.1) is 0 Å². The summed E-state index contributed by atoms with van der Waals surface area (Å²) in [6, 6.07) is 13.1. The van der Waals surface area contributed by atoms with E-state index in [1.165, 1.54) is 6.07 Å².